The second-order valence-electron chi connectivity index (χ2n) is 7.96. The van der Waals surface area contributed by atoms with Gasteiger partial charge in [0, 0.05) is 17.6 Å². The fourth-order valence-electron chi connectivity index (χ4n) is 2.89. The summed E-state index contributed by atoms with van der Waals surface area (Å²) in [5, 5.41) is 8.53. The molecule has 6 nitrogen and oxygen atoms in total. The zero-order valence-electron chi connectivity index (χ0n) is 17.2. The highest BCUT2D eigenvalue weighted by Gasteiger charge is 2.17. The summed E-state index contributed by atoms with van der Waals surface area (Å²) in [4.78, 5) is 12.0. The van der Waals surface area contributed by atoms with Crippen molar-refractivity contribution in [2.24, 2.45) is 0 Å². The summed E-state index contributed by atoms with van der Waals surface area (Å²) >= 11 is 3.52. The molecule has 0 atom stereocenters. The van der Waals surface area contributed by atoms with E-state index in [1.165, 1.54) is 0 Å². The first-order valence-electron chi connectivity index (χ1n) is 9.63. The Morgan fingerprint density at radius 3 is 2.55 bits per heavy atom. The molecule has 0 bridgehead atoms. The van der Waals surface area contributed by atoms with Crippen LogP contribution in [0.1, 0.15) is 48.7 Å². The summed E-state index contributed by atoms with van der Waals surface area (Å²) in [6.45, 7) is 9.46. The van der Waals surface area contributed by atoms with E-state index >= 15 is 0 Å². The van der Waals surface area contributed by atoms with Crippen LogP contribution in [0.25, 0.3) is 11.0 Å². The Balaban J connectivity index is 1.45. The molecule has 0 aliphatic rings. The predicted molar refractivity (Wildman–Crippen MR) is 116 cm³/mol. The van der Waals surface area contributed by atoms with E-state index in [-0.39, 0.29) is 5.97 Å². The summed E-state index contributed by atoms with van der Waals surface area (Å²) in [5.41, 5.74) is 4.12. The average Bonchev–Trinajstić information content (AvgIpc) is 3.07. The molecule has 3 rings (SSSR count). The summed E-state index contributed by atoms with van der Waals surface area (Å²) < 4.78 is 14.1. The minimum Gasteiger partial charge on any atom is -0.456 e. The van der Waals surface area contributed by atoms with Gasteiger partial charge in [-0.25, -0.2) is 9.48 Å². The minimum atomic E-state index is -0.497. The Labute approximate surface area is 179 Å². The van der Waals surface area contributed by atoms with Crippen LogP contribution in [0.5, 0.6) is 0 Å². The van der Waals surface area contributed by atoms with Gasteiger partial charge in [-0.2, -0.15) is 0 Å². The summed E-state index contributed by atoms with van der Waals surface area (Å²) in [6, 6.07) is 11.4. The van der Waals surface area contributed by atoms with Gasteiger partial charge in [-0.3, -0.25) is 0 Å². The van der Waals surface area contributed by atoms with Gasteiger partial charge in [0.2, 0.25) is 0 Å². The molecule has 0 aliphatic carbocycles. The van der Waals surface area contributed by atoms with Gasteiger partial charge in [-0.1, -0.05) is 33.3 Å². The molecule has 1 aromatic heterocycles. The van der Waals surface area contributed by atoms with Crippen LogP contribution in [0.4, 0.5) is 0 Å². The molecular formula is C22H26BrN3O3. The molecule has 0 unspecified atom stereocenters. The number of benzene rings is 2. The van der Waals surface area contributed by atoms with Crippen LogP contribution in [0.2, 0.25) is 0 Å². The molecule has 1 heterocycles. The Morgan fingerprint density at radius 1 is 1.14 bits per heavy atom. The number of carbonyl (C=O) groups excluding carboxylic acids is 1. The number of nitrogens with zero attached hydrogens (tertiary/aromatic N) is 3. The Hall–Kier alpha value is -2.25. The highest BCUT2D eigenvalue weighted by Crippen LogP contribution is 2.23. The van der Waals surface area contributed by atoms with E-state index in [2.05, 4.69) is 26.2 Å². The molecule has 0 amide bonds. The fraction of sp³-hybridized carbons (Fsp3) is 0.409. The first-order valence-corrected chi connectivity index (χ1v) is 10.4. The van der Waals surface area contributed by atoms with Crippen LogP contribution in [0, 0.1) is 6.92 Å². The Kier molecular flexibility index (Phi) is 6.70. The van der Waals surface area contributed by atoms with Crippen molar-refractivity contribution in [3.8, 4) is 0 Å². The second-order valence-corrected chi connectivity index (χ2v) is 8.81. The minimum absolute atomic E-state index is 0.313. The number of esters is 1. The maximum absolute atomic E-state index is 12.0. The lowest BCUT2D eigenvalue weighted by Crippen LogP contribution is -2.23. The molecule has 0 fully saturated rings. The molecule has 0 N–H and O–H groups in total. The normalized spacial score (nSPS) is 11.8. The number of aryl methyl sites for hydroxylation is 2. The van der Waals surface area contributed by atoms with Crippen LogP contribution in [0.3, 0.4) is 0 Å². The van der Waals surface area contributed by atoms with Crippen molar-refractivity contribution in [3.63, 3.8) is 0 Å². The number of hydrogen-bond donors (Lipinski definition) is 0. The third-order valence-electron chi connectivity index (χ3n) is 4.39. The number of aromatic nitrogens is 3. The van der Waals surface area contributed by atoms with E-state index < -0.39 is 5.60 Å². The van der Waals surface area contributed by atoms with E-state index in [9.17, 15) is 4.79 Å². The molecule has 29 heavy (non-hydrogen) atoms. The maximum Gasteiger partial charge on any atom is 0.338 e. The van der Waals surface area contributed by atoms with E-state index in [1.54, 1.807) is 12.1 Å². The lowest BCUT2D eigenvalue weighted by Gasteiger charge is -2.19. The highest BCUT2D eigenvalue weighted by molar-refractivity contribution is 9.10. The fourth-order valence-corrected chi connectivity index (χ4v) is 3.21. The van der Waals surface area contributed by atoms with Crippen LogP contribution in [0.15, 0.2) is 40.9 Å². The summed E-state index contributed by atoms with van der Waals surface area (Å²) in [6.07, 6.45) is 0.837. The molecule has 3 aromatic rings. The van der Waals surface area contributed by atoms with Gasteiger partial charge in [-0.05, 0) is 69.5 Å². The van der Waals surface area contributed by atoms with E-state index in [1.807, 2.05) is 56.6 Å². The molecule has 2 aromatic carbocycles. The van der Waals surface area contributed by atoms with Gasteiger partial charge in [0.1, 0.15) is 11.1 Å². The number of halogens is 1. The van der Waals surface area contributed by atoms with Crippen molar-refractivity contribution in [3.05, 3.63) is 57.6 Å². The van der Waals surface area contributed by atoms with Gasteiger partial charge in [0.05, 0.1) is 17.7 Å². The molecule has 7 heteroatoms. The van der Waals surface area contributed by atoms with Crippen LogP contribution >= 0.6 is 15.9 Å². The molecule has 0 spiro atoms. The topological polar surface area (TPSA) is 66.2 Å². The summed E-state index contributed by atoms with van der Waals surface area (Å²) in [5.74, 6) is -0.313. The zero-order chi connectivity index (χ0) is 21.0. The van der Waals surface area contributed by atoms with Crippen molar-refractivity contribution < 1.29 is 14.3 Å². The first kappa shape index (κ1) is 21.5. The number of rotatable bonds is 7. The second kappa shape index (κ2) is 9.05. The number of carbonyl (C=O) groups is 1. The third kappa shape index (κ3) is 5.64. The van der Waals surface area contributed by atoms with Crippen LogP contribution in [-0.4, -0.2) is 33.2 Å². The molecular weight excluding hydrogens is 434 g/mol. The van der Waals surface area contributed by atoms with Crippen molar-refractivity contribution in [1.82, 2.24) is 15.0 Å². The third-order valence-corrected chi connectivity index (χ3v) is 5.25. The van der Waals surface area contributed by atoms with Gasteiger partial charge < -0.3 is 9.47 Å². The summed E-state index contributed by atoms with van der Waals surface area (Å²) in [7, 11) is 0. The molecule has 154 valence electrons. The van der Waals surface area contributed by atoms with Gasteiger partial charge in [-0.15, -0.1) is 5.10 Å². The van der Waals surface area contributed by atoms with Crippen molar-refractivity contribution in [2.45, 2.75) is 52.9 Å². The standard InChI is InChI=1S/C22H26BrN3O3/c1-15-18(23)10-11-19-20(15)24-25-26(19)12-5-13-28-14-16-6-8-17(9-7-16)21(27)29-22(2,3)4/h6-11H,5,12-14H2,1-4H3. The molecule has 0 radical (unpaired) electrons. The van der Waals surface area contributed by atoms with Gasteiger partial charge in [0.25, 0.3) is 0 Å². The lowest BCUT2D eigenvalue weighted by molar-refractivity contribution is 0.00694. The predicted octanol–water partition coefficient (Wildman–Crippen LogP) is 5.06. The maximum atomic E-state index is 12.0. The van der Waals surface area contributed by atoms with Gasteiger partial charge >= 0.3 is 5.97 Å². The Morgan fingerprint density at radius 2 is 1.86 bits per heavy atom. The Bertz CT molecular complexity index is 991. The smallest absolute Gasteiger partial charge is 0.338 e. The van der Waals surface area contributed by atoms with Crippen LogP contribution in [-0.2, 0) is 22.6 Å². The zero-order valence-corrected chi connectivity index (χ0v) is 18.8. The molecule has 0 saturated heterocycles. The number of fused-ring (bicyclic) bond motifs is 1. The van der Waals surface area contributed by atoms with E-state index in [0.29, 0.717) is 18.8 Å². The first-order chi connectivity index (χ1) is 13.7. The van der Waals surface area contributed by atoms with Crippen LogP contribution < -0.4 is 0 Å². The highest BCUT2D eigenvalue weighted by atomic mass is 79.9. The molecule has 0 aliphatic heterocycles. The molecule has 0 saturated carbocycles. The van der Waals surface area contributed by atoms with Gasteiger partial charge in [0.15, 0.2) is 0 Å². The van der Waals surface area contributed by atoms with Crippen molar-refractivity contribution in [2.75, 3.05) is 6.61 Å². The lowest BCUT2D eigenvalue weighted by atomic mass is 10.1. The number of ether oxygens (including phenoxy) is 2. The van der Waals surface area contributed by atoms with E-state index in [4.69, 9.17) is 9.47 Å². The van der Waals surface area contributed by atoms with Crippen molar-refractivity contribution >= 4 is 32.9 Å². The number of hydrogen-bond acceptors (Lipinski definition) is 5. The monoisotopic (exact) mass is 459 g/mol. The SMILES string of the molecule is Cc1c(Br)ccc2c1nnn2CCCOCc1ccc(C(=O)OC(C)(C)C)cc1. The quantitative estimate of drug-likeness (QED) is 0.364. The van der Waals surface area contributed by atoms with E-state index in [0.717, 1.165) is 39.6 Å². The average molecular weight is 460 g/mol. The van der Waals surface area contributed by atoms with Crippen molar-refractivity contribution in [1.29, 1.82) is 0 Å². The largest absolute Gasteiger partial charge is 0.456 e.